The first kappa shape index (κ1) is 25.1. The fraction of sp³-hybridized carbons (Fsp3) is 0.370. The first-order valence-electron chi connectivity index (χ1n) is 12.7. The molecule has 0 unspecified atom stereocenters. The van der Waals surface area contributed by atoms with Crippen molar-refractivity contribution in [2.75, 3.05) is 6.54 Å². The van der Waals surface area contributed by atoms with Gasteiger partial charge >= 0.3 is 5.97 Å². The largest absolute Gasteiger partial charge is 0.458 e. The fourth-order valence-corrected chi connectivity index (χ4v) is 4.91. The van der Waals surface area contributed by atoms with E-state index in [4.69, 9.17) is 16.3 Å². The van der Waals surface area contributed by atoms with E-state index in [-0.39, 0.29) is 18.6 Å². The molecule has 1 aliphatic heterocycles. The molecule has 0 spiro atoms. The number of unbranched alkanes of at least 4 members (excludes halogenated alkanes) is 1. The fourth-order valence-electron chi connectivity index (χ4n) is 4.66. The summed E-state index contributed by atoms with van der Waals surface area (Å²) in [6, 6.07) is 16.1. The smallest absolute Gasteiger partial charge is 0.323 e. The molecule has 5 rings (SSSR count). The summed E-state index contributed by atoms with van der Waals surface area (Å²) in [5, 5.41) is 18.1. The molecule has 37 heavy (non-hydrogen) atoms. The Balaban J connectivity index is 1.37. The second-order valence-electron chi connectivity index (χ2n) is 9.19. The van der Waals surface area contributed by atoms with E-state index >= 15 is 0 Å². The van der Waals surface area contributed by atoms with Crippen LogP contribution >= 0.6 is 11.6 Å². The van der Waals surface area contributed by atoms with Crippen molar-refractivity contribution in [1.82, 2.24) is 35.5 Å². The van der Waals surface area contributed by atoms with E-state index < -0.39 is 0 Å². The van der Waals surface area contributed by atoms with Crippen molar-refractivity contribution >= 4 is 17.6 Å². The van der Waals surface area contributed by atoms with Gasteiger partial charge in [-0.1, -0.05) is 73.5 Å². The number of benzene rings is 2. The molecule has 1 fully saturated rings. The van der Waals surface area contributed by atoms with Crippen molar-refractivity contribution < 1.29 is 9.53 Å². The molecular weight excluding hydrogens is 490 g/mol. The summed E-state index contributed by atoms with van der Waals surface area (Å²) < 4.78 is 7.74. The van der Waals surface area contributed by atoms with Gasteiger partial charge in [-0.2, -0.15) is 5.21 Å². The van der Waals surface area contributed by atoms with E-state index in [1.165, 1.54) is 0 Å². The van der Waals surface area contributed by atoms with E-state index in [9.17, 15) is 4.79 Å². The molecule has 10 heteroatoms. The molecule has 3 heterocycles. The minimum Gasteiger partial charge on any atom is -0.458 e. The number of nitrogens with one attached hydrogen (secondary N) is 2. The zero-order valence-corrected chi connectivity index (χ0v) is 21.5. The normalized spacial score (nSPS) is 15.2. The third kappa shape index (κ3) is 5.73. The van der Waals surface area contributed by atoms with Gasteiger partial charge < -0.3 is 14.6 Å². The van der Waals surface area contributed by atoms with Crippen molar-refractivity contribution in [3.63, 3.8) is 0 Å². The topological polar surface area (TPSA) is 111 Å². The summed E-state index contributed by atoms with van der Waals surface area (Å²) in [7, 11) is 0. The Hall–Kier alpha value is -3.56. The van der Waals surface area contributed by atoms with Crippen LogP contribution in [0.2, 0.25) is 5.15 Å². The number of H-pyrrole nitrogens is 1. The van der Waals surface area contributed by atoms with E-state index in [0.29, 0.717) is 17.5 Å². The molecular formula is C27H30ClN7O2. The number of aromatic amines is 1. The van der Waals surface area contributed by atoms with Gasteiger partial charge in [0, 0.05) is 18.5 Å². The van der Waals surface area contributed by atoms with Crippen molar-refractivity contribution in [1.29, 1.82) is 0 Å². The molecule has 2 N–H and O–H groups in total. The average molecular weight is 520 g/mol. The van der Waals surface area contributed by atoms with E-state index in [1.807, 2.05) is 24.3 Å². The highest BCUT2D eigenvalue weighted by atomic mass is 35.5. The van der Waals surface area contributed by atoms with Crippen LogP contribution in [0, 0.1) is 0 Å². The number of aromatic nitrogens is 6. The van der Waals surface area contributed by atoms with Crippen LogP contribution in [0.25, 0.3) is 22.5 Å². The number of hydrogen-bond donors (Lipinski definition) is 2. The summed E-state index contributed by atoms with van der Waals surface area (Å²) in [5.41, 5.74) is 4.81. The lowest BCUT2D eigenvalue weighted by molar-refractivity contribution is -0.147. The maximum atomic E-state index is 12.5. The molecule has 1 saturated heterocycles. The number of halogens is 1. The summed E-state index contributed by atoms with van der Waals surface area (Å²) in [5.74, 6) is 1.23. The predicted octanol–water partition coefficient (Wildman–Crippen LogP) is 4.57. The molecule has 0 amide bonds. The summed E-state index contributed by atoms with van der Waals surface area (Å²) in [4.78, 5) is 17.1. The molecule has 0 saturated carbocycles. The molecule has 0 aliphatic carbocycles. The first-order valence-corrected chi connectivity index (χ1v) is 13.1. The van der Waals surface area contributed by atoms with Crippen molar-refractivity contribution in [3.8, 4) is 22.5 Å². The SMILES string of the molecule is CCCCc1nc(Cl)c(COC(=O)[C@H]2CCCN2)n1Cc1ccc(-c2ccccc2-c2nn[nH]n2)cc1. The number of ether oxygens (including phenoxy) is 1. The van der Waals surface area contributed by atoms with Gasteiger partial charge in [0.25, 0.3) is 0 Å². The molecule has 0 radical (unpaired) electrons. The number of imidazole rings is 1. The minimum absolute atomic E-state index is 0.102. The van der Waals surface area contributed by atoms with Crippen LogP contribution in [0.3, 0.4) is 0 Å². The van der Waals surface area contributed by atoms with Gasteiger partial charge in [-0.25, -0.2) is 4.98 Å². The van der Waals surface area contributed by atoms with Crippen molar-refractivity contribution in [2.24, 2.45) is 0 Å². The lowest BCUT2D eigenvalue weighted by atomic mass is 9.98. The third-order valence-electron chi connectivity index (χ3n) is 6.67. The first-order chi connectivity index (χ1) is 18.1. The zero-order chi connectivity index (χ0) is 25.6. The second-order valence-corrected chi connectivity index (χ2v) is 9.55. The highest BCUT2D eigenvalue weighted by Crippen LogP contribution is 2.30. The van der Waals surface area contributed by atoms with Crippen LogP contribution in [0.15, 0.2) is 48.5 Å². The highest BCUT2D eigenvalue weighted by Gasteiger charge is 2.25. The van der Waals surface area contributed by atoms with Gasteiger partial charge in [0.1, 0.15) is 18.5 Å². The van der Waals surface area contributed by atoms with Crippen LogP contribution in [0.4, 0.5) is 0 Å². The van der Waals surface area contributed by atoms with Gasteiger partial charge in [-0.05, 0) is 47.7 Å². The van der Waals surface area contributed by atoms with Gasteiger partial charge in [0.15, 0.2) is 5.15 Å². The number of carbonyl (C=O) groups is 1. The molecule has 1 atom stereocenters. The number of tetrazole rings is 1. The molecule has 1 aliphatic rings. The van der Waals surface area contributed by atoms with Gasteiger partial charge in [-0.3, -0.25) is 4.79 Å². The van der Waals surface area contributed by atoms with Crippen LogP contribution in [-0.2, 0) is 29.1 Å². The Labute approximate surface area is 220 Å². The summed E-state index contributed by atoms with van der Waals surface area (Å²) >= 11 is 6.55. The zero-order valence-electron chi connectivity index (χ0n) is 20.8. The average Bonchev–Trinajstić information content (AvgIpc) is 3.70. The Kier molecular flexibility index (Phi) is 7.91. The second kappa shape index (κ2) is 11.7. The molecule has 192 valence electrons. The predicted molar refractivity (Wildman–Crippen MR) is 141 cm³/mol. The van der Waals surface area contributed by atoms with E-state index in [2.05, 4.69) is 66.7 Å². The Bertz CT molecular complexity index is 1330. The number of hydrogen-bond acceptors (Lipinski definition) is 7. The maximum Gasteiger partial charge on any atom is 0.323 e. The number of esters is 1. The molecule has 2 aromatic heterocycles. The number of nitrogens with zero attached hydrogens (tertiary/aromatic N) is 5. The van der Waals surface area contributed by atoms with Crippen LogP contribution < -0.4 is 5.32 Å². The third-order valence-corrected chi connectivity index (χ3v) is 6.97. The van der Waals surface area contributed by atoms with Crippen molar-refractivity contribution in [3.05, 3.63) is 70.8 Å². The molecule has 4 aromatic rings. The number of aryl methyl sites for hydroxylation is 1. The monoisotopic (exact) mass is 519 g/mol. The lowest BCUT2D eigenvalue weighted by Gasteiger charge is -2.15. The Morgan fingerprint density at radius 2 is 1.97 bits per heavy atom. The van der Waals surface area contributed by atoms with E-state index in [0.717, 1.165) is 72.4 Å². The van der Waals surface area contributed by atoms with Crippen molar-refractivity contribution in [2.45, 2.75) is 58.2 Å². The molecule has 9 nitrogen and oxygen atoms in total. The standard InChI is InChI=1S/C27H30ClN7O2/c1-2-3-10-24-30-25(28)23(17-37-27(36)22-9-6-15-29-22)35(24)16-18-11-13-19(14-12-18)20-7-4-5-8-21(20)26-31-33-34-32-26/h4-5,7-8,11-14,22,29H,2-3,6,9-10,15-17H2,1H3,(H,31,32,33,34)/t22-/m1/s1. The summed E-state index contributed by atoms with van der Waals surface area (Å²) in [6.45, 7) is 3.68. The summed E-state index contributed by atoms with van der Waals surface area (Å²) in [6.07, 6.45) is 4.65. The van der Waals surface area contributed by atoms with Crippen LogP contribution in [0.5, 0.6) is 0 Å². The van der Waals surface area contributed by atoms with Gasteiger partial charge in [-0.15, -0.1) is 10.2 Å². The Morgan fingerprint density at radius 1 is 1.16 bits per heavy atom. The minimum atomic E-state index is -0.238. The van der Waals surface area contributed by atoms with Crippen LogP contribution in [0.1, 0.15) is 49.7 Å². The number of carbonyl (C=O) groups excluding carboxylic acids is 1. The lowest BCUT2D eigenvalue weighted by Crippen LogP contribution is -2.32. The number of rotatable bonds is 10. The van der Waals surface area contributed by atoms with Gasteiger partial charge in [0.2, 0.25) is 5.82 Å². The quantitative estimate of drug-likeness (QED) is 0.295. The molecule has 2 aromatic carbocycles. The highest BCUT2D eigenvalue weighted by molar-refractivity contribution is 6.30. The van der Waals surface area contributed by atoms with Gasteiger partial charge in [0.05, 0.1) is 5.69 Å². The molecule has 0 bridgehead atoms. The maximum absolute atomic E-state index is 12.5. The van der Waals surface area contributed by atoms with E-state index in [1.54, 1.807) is 0 Å². The Morgan fingerprint density at radius 3 is 2.68 bits per heavy atom. The van der Waals surface area contributed by atoms with Crippen LogP contribution in [-0.4, -0.2) is 48.7 Å².